The molecule has 1 aliphatic rings. The quantitative estimate of drug-likeness (QED) is 0.573. The molecule has 1 saturated heterocycles. The van der Waals surface area contributed by atoms with Gasteiger partial charge in [-0.05, 0) is 19.0 Å². The van der Waals surface area contributed by atoms with Crippen LogP contribution in [0, 0.1) is 0 Å². The smallest absolute Gasteiger partial charge is 0.0261 e. The second-order valence-corrected chi connectivity index (χ2v) is 3.28. The fourth-order valence-electron chi connectivity index (χ4n) is 1.39. The molecule has 1 aromatic carbocycles. The highest BCUT2D eigenvalue weighted by molar-refractivity contribution is 5.17. The van der Waals surface area contributed by atoms with Crippen LogP contribution < -0.4 is 0 Å². The Hall–Kier alpha value is -0.820. The summed E-state index contributed by atoms with van der Waals surface area (Å²) in [4.78, 5) is 2.37. The molecule has 58 valence electrons. The highest BCUT2D eigenvalue weighted by Crippen LogP contribution is 2.18. The summed E-state index contributed by atoms with van der Waals surface area (Å²) in [5.41, 5.74) is 1.46. The lowest BCUT2D eigenvalue weighted by Gasteiger charge is -1.97. The summed E-state index contributed by atoms with van der Waals surface area (Å²) in [6.07, 6.45) is 1.22. The Morgan fingerprint density at radius 1 is 1.36 bits per heavy atom. The second kappa shape index (κ2) is 2.67. The van der Waals surface area contributed by atoms with E-state index in [1.165, 1.54) is 18.5 Å². The van der Waals surface area contributed by atoms with Crippen LogP contribution in [-0.2, 0) is 6.42 Å². The first-order chi connectivity index (χ1) is 5.36. The summed E-state index contributed by atoms with van der Waals surface area (Å²) in [5.74, 6) is 0. The predicted molar refractivity (Wildman–Crippen MR) is 46.6 cm³/mol. The normalized spacial score (nSPS) is 28.5. The van der Waals surface area contributed by atoms with Crippen molar-refractivity contribution >= 4 is 0 Å². The van der Waals surface area contributed by atoms with Crippen molar-refractivity contribution in [3.8, 4) is 0 Å². The zero-order valence-corrected chi connectivity index (χ0v) is 6.83. The molecule has 1 nitrogen and oxygen atoms in total. The minimum absolute atomic E-state index is 0.817. The number of benzene rings is 1. The van der Waals surface area contributed by atoms with E-state index in [-0.39, 0.29) is 0 Å². The average molecular weight is 147 g/mol. The molecule has 0 radical (unpaired) electrons. The topological polar surface area (TPSA) is 3.01 Å². The molecule has 11 heavy (non-hydrogen) atoms. The lowest BCUT2D eigenvalue weighted by Crippen LogP contribution is -1.98. The summed E-state index contributed by atoms with van der Waals surface area (Å²) in [7, 11) is 2.17. The third-order valence-corrected chi connectivity index (χ3v) is 2.30. The Bertz CT molecular complexity index is 230. The largest absolute Gasteiger partial charge is 0.300 e. The molecule has 1 fully saturated rings. The molecule has 2 atom stereocenters. The standard InChI is InChI=1S/C10H13N/c1-11-8-10(11)7-9-5-3-2-4-6-9/h2-6,10H,7-8H2,1H3/t10-,11?/m0/s1. The van der Waals surface area contributed by atoms with Gasteiger partial charge in [0.15, 0.2) is 0 Å². The van der Waals surface area contributed by atoms with Crippen molar-refractivity contribution in [2.75, 3.05) is 13.6 Å². The molecule has 1 aliphatic heterocycles. The van der Waals surface area contributed by atoms with Crippen LogP contribution >= 0.6 is 0 Å². The van der Waals surface area contributed by atoms with Crippen LogP contribution in [0.2, 0.25) is 0 Å². The molecule has 0 N–H and O–H groups in total. The summed E-state index contributed by atoms with van der Waals surface area (Å²) in [5, 5.41) is 0. The van der Waals surface area contributed by atoms with Crippen molar-refractivity contribution in [3.05, 3.63) is 35.9 Å². The molecule has 1 heteroatoms. The highest BCUT2D eigenvalue weighted by atomic mass is 15.3. The maximum absolute atomic E-state index is 2.37. The number of hydrogen-bond acceptors (Lipinski definition) is 1. The Labute approximate surface area is 67.6 Å². The van der Waals surface area contributed by atoms with E-state index in [4.69, 9.17) is 0 Å². The van der Waals surface area contributed by atoms with Crippen LogP contribution in [-0.4, -0.2) is 24.5 Å². The van der Waals surface area contributed by atoms with E-state index in [0.29, 0.717) is 0 Å². The van der Waals surface area contributed by atoms with Crippen molar-refractivity contribution < 1.29 is 0 Å². The van der Waals surface area contributed by atoms with Gasteiger partial charge in [-0.3, -0.25) is 0 Å². The highest BCUT2D eigenvalue weighted by Gasteiger charge is 2.28. The monoisotopic (exact) mass is 147 g/mol. The van der Waals surface area contributed by atoms with Crippen LogP contribution in [0.15, 0.2) is 30.3 Å². The summed E-state index contributed by atoms with van der Waals surface area (Å²) in [6.45, 7) is 1.27. The zero-order valence-electron chi connectivity index (χ0n) is 6.83. The first-order valence-electron chi connectivity index (χ1n) is 4.10. The van der Waals surface area contributed by atoms with Gasteiger partial charge in [-0.2, -0.15) is 0 Å². The molecule has 1 unspecified atom stereocenters. The number of nitrogens with zero attached hydrogens (tertiary/aromatic N) is 1. The molecule has 1 heterocycles. The number of likely N-dealkylation sites (N-methyl/N-ethyl adjacent to an activating group) is 1. The van der Waals surface area contributed by atoms with Crippen molar-refractivity contribution in [3.63, 3.8) is 0 Å². The van der Waals surface area contributed by atoms with Gasteiger partial charge in [-0.25, -0.2) is 0 Å². The van der Waals surface area contributed by atoms with E-state index in [9.17, 15) is 0 Å². The van der Waals surface area contributed by atoms with Gasteiger partial charge < -0.3 is 4.90 Å². The first-order valence-corrected chi connectivity index (χ1v) is 4.10. The van der Waals surface area contributed by atoms with E-state index in [1.807, 2.05) is 0 Å². The predicted octanol–water partition coefficient (Wildman–Crippen LogP) is 1.54. The SMILES string of the molecule is CN1C[C@@H]1Cc1ccccc1. The molecule has 2 rings (SSSR count). The lowest BCUT2D eigenvalue weighted by atomic mass is 10.1. The minimum atomic E-state index is 0.817. The van der Waals surface area contributed by atoms with Crippen molar-refractivity contribution in [2.45, 2.75) is 12.5 Å². The maximum atomic E-state index is 2.37. The van der Waals surface area contributed by atoms with E-state index in [0.717, 1.165) is 6.04 Å². The van der Waals surface area contributed by atoms with E-state index < -0.39 is 0 Å². The van der Waals surface area contributed by atoms with Gasteiger partial charge in [0.25, 0.3) is 0 Å². The van der Waals surface area contributed by atoms with E-state index in [1.54, 1.807) is 0 Å². The van der Waals surface area contributed by atoms with Crippen molar-refractivity contribution in [1.29, 1.82) is 0 Å². The maximum Gasteiger partial charge on any atom is 0.0261 e. The Balaban J connectivity index is 1.97. The number of hydrogen-bond donors (Lipinski definition) is 0. The Morgan fingerprint density at radius 2 is 2.00 bits per heavy atom. The summed E-state index contributed by atoms with van der Waals surface area (Å²) >= 11 is 0. The van der Waals surface area contributed by atoms with Gasteiger partial charge in [-0.1, -0.05) is 30.3 Å². The fraction of sp³-hybridized carbons (Fsp3) is 0.400. The van der Waals surface area contributed by atoms with Crippen LogP contribution in [0.3, 0.4) is 0 Å². The molecule has 1 aromatic rings. The Kier molecular flexibility index (Phi) is 1.66. The van der Waals surface area contributed by atoms with Gasteiger partial charge in [0.05, 0.1) is 0 Å². The van der Waals surface area contributed by atoms with Crippen LogP contribution in [0.1, 0.15) is 5.56 Å². The zero-order chi connectivity index (χ0) is 7.68. The third-order valence-electron chi connectivity index (χ3n) is 2.30. The van der Waals surface area contributed by atoms with E-state index in [2.05, 4.69) is 42.3 Å². The van der Waals surface area contributed by atoms with Gasteiger partial charge >= 0.3 is 0 Å². The molecule has 0 amide bonds. The molecule has 0 saturated carbocycles. The minimum Gasteiger partial charge on any atom is -0.300 e. The van der Waals surface area contributed by atoms with Gasteiger partial charge in [-0.15, -0.1) is 0 Å². The molecule has 0 bridgehead atoms. The van der Waals surface area contributed by atoms with Crippen LogP contribution in [0.5, 0.6) is 0 Å². The van der Waals surface area contributed by atoms with Crippen LogP contribution in [0.4, 0.5) is 0 Å². The van der Waals surface area contributed by atoms with Gasteiger partial charge in [0, 0.05) is 12.6 Å². The third kappa shape index (κ3) is 1.60. The van der Waals surface area contributed by atoms with E-state index >= 15 is 0 Å². The molecule has 0 aliphatic carbocycles. The molecule has 0 aromatic heterocycles. The second-order valence-electron chi connectivity index (χ2n) is 3.28. The van der Waals surface area contributed by atoms with Crippen molar-refractivity contribution in [2.24, 2.45) is 0 Å². The summed E-state index contributed by atoms with van der Waals surface area (Å²) in [6, 6.07) is 11.5. The molecular formula is C10H13N. The van der Waals surface area contributed by atoms with Crippen molar-refractivity contribution in [1.82, 2.24) is 4.90 Å². The fourth-order valence-corrected chi connectivity index (χ4v) is 1.39. The molecule has 0 spiro atoms. The Morgan fingerprint density at radius 3 is 2.55 bits per heavy atom. The van der Waals surface area contributed by atoms with Crippen LogP contribution in [0.25, 0.3) is 0 Å². The summed E-state index contributed by atoms with van der Waals surface area (Å²) < 4.78 is 0. The number of rotatable bonds is 2. The average Bonchev–Trinajstić information content (AvgIpc) is 2.69. The first kappa shape index (κ1) is 6.86. The van der Waals surface area contributed by atoms with Gasteiger partial charge in [0.2, 0.25) is 0 Å². The van der Waals surface area contributed by atoms with Gasteiger partial charge in [0.1, 0.15) is 0 Å². The lowest BCUT2D eigenvalue weighted by molar-refractivity contribution is 0.611. The molecular weight excluding hydrogens is 134 g/mol.